The molecule has 1 aliphatic rings. The molecule has 114 valence electrons. The summed E-state index contributed by atoms with van der Waals surface area (Å²) in [5.74, 6) is -2.44. The molecular weight excluding hydrogens is 280 g/mol. The van der Waals surface area contributed by atoms with Gasteiger partial charge in [0.15, 0.2) is 0 Å². The molecule has 4 nitrogen and oxygen atoms in total. The van der Waals surface area contributed by atoms with Crippen molar-refractivity contribution in [2.75, 3.05) is 19.7 Å². The summed E-state index contributed by atoms with van der Waals surface area (Å²) in [7, 11) is 0. The number of amides is 1. The minimum atomic E-state index is -0.778. The molecule has 0 aromatic heterocycles. The fourth-order valence-electron chi connectivity index (χ4n) is 2.44. The van der Waals surface area contributed by atoms with E-state index < -0.39 is 17.5 Å². The molecule has 0 unspecified atom stereocenters. The molecule has 1 heterocycles. The van der Waals surface area contributed by atoms with Gasteiger partial charge in [0.25, 0.3) is 5.91 Å². The lowest BCUT2D eigenvalue weighted by atomic mass is 9.96. The first-order valence-corrected chi connectivity index (χ1v) is 6.93. The Morgan fingerprint density at radius 1 is 1.19 bits per heavy atom. The van der Waals surface area contributed by atoms with Crippen LogP contribution in [-0.4, -0.2) is 36.5 Å². The van der Waals surface area contributed by atoms with E-state index in [4.69, 9.17) is 4.74 Å². The van der Waals surface area contributed by atoms with Gasteiger partial charge in [-0.25, -0.2) is 8.78 Å². The Hall–Kier alpha value is -1.98. The number of nitrogens with zero attached hydrogens (tertiary/aromatic N) is 1. The van der Waals surface area contributed by atoms with Gasteiger partial charge in [0, 0.05) is 24.7 Å². The molecular formula is C15H17F2NO3. The van der Waals surface area contributed by atoms with Crippen molar-refractivity contribution in [3.8, 4) is 0 Å². The van der Waals surface area contributed by atoms with Crippen LogP contribution in [0.2, 0.25) is 0 Å². The van der Waals surface area contributed by atoms with Crippen LogP contribution in [0, 0.1) is 17.6 Å². The predicted molar refractivity (Wildman–Crippen MR) is 71.6 cm³/mol. The van der Waals surface area contributed by atoms with E-state index in [1.54, 1.807) is 6.92 Å². The monoisotopic (exact) mass is 297 g/mol. The number of carbonyl (C=O) groups excluding carboxylic acids is 2. The molecule has 21 heavy (non-hydrogen) atoms. The number of piperidine rings is 1. The van der Waals surface area contributed by atoms with Crippen molar-refractivity contribution in [1.82, 2.24) is 4.90 Å². The Labute approximate surface area is 121 Å². The highest BCUT2D eigenvalue weighted by molar-refractivity contribution is 5.94. The molecule has 0 saturated carbocycles. The molecule has 0 bridgehead atoms. The van der Waals surface area contributed by atoms with E-state index in [9.17, 15) is 18.4 Å². The third kappa shape index (κ3) is 3.77. The molecule has 1 saturated heterocycles. The maximum absolute atomic E-state index is 13.1. The van der Waals surface area contributed by atoms with Crippen molar-refractivity contribution in [2.45, 2.75) is 19.8 Å². The number of halogens is 2. The maximum Gasteiger partial charge on any atom is 0.309 e. The molecule has 0 atom stereocenters. The topological polar surface area (TPSA) is 46.6 Å². The molecule has 0 radical (unpaired) electrons. The number of ether oxygens (including phenoxy) is 1. The average molecular weight is 297 g/mol. The van der Waals surface area contributed by atoms with E-state index in [2.05, 4.69) is 0 Å². The van der Waals surface area contributed by atoms with E-state index in [-0.39, 0.29) is 17.5 Å². The fourth-order valence-corrected chi connectivity index (χ4v) is 2.44. The summed E-state index contributed by atoms with van der Waals surface area (Å²) in [5, 5.41) is 0. The lowest BCUT2D eigenvalue weighted by Crippen LogP contribution is -2.40. The smallest absolute Gasteiger partial charge is 0.309 e. The highest BCUT2D eigenvalue weighted by atomic mass is 19.1. The average Bonchev–Trinajstić information content (AvgIpc) is 2.46. The summed E-state index contributed by atoms with van der Waals surface area (Å²) >= 11 is 0. The first-order valence-electron chi connectivity index (χ1n) is 6.93. The fraction of sp³-hybridized carbons (Fsp3) is 0.467. The van der Waals surface area contributed by atoms with Crippen molar-refractivity contribution in [2.24, 2.45) is 5.92 Å². The number of hydrogen-bond donors (Lipinski definition) is 0. The Morgan fingerprint density at radius 2 is 1.76 bits per heavy atom. The van der Waals surface area contributed by atoms with Gasteiger partial charge in [0.05, 0.1) is 12.5 Å². The van der Waals surface area contributed by atoms with Crippen LogP contribution < -0.4 is 0 Å². The number of likely N-dealkylation sites (tertiary alicyclic amines) is 1. The largest absolute Gasteiger partial charge is 0.466 e. The van der Waals surface area contributed by atoms with Crippen molar-refractivity contribution in [1.29, 1.82) is 0 Å². The minimum Gasteiger partial charge on any atom is -0.466 e. The molecule has 0 aliphatic carbocycles. The van der Waals surface area contributed by atoms with Crippen LogP contribution in [0.3, 0.4) is 0 Å². The molecule has 1 fully saturated rings. The summed E-state index contributed by atoms with van der Waals surface area (Å²) in [6, 6.07) is 2.76. The minimum absolute atomic E-state index is 0.0120. The second-order valence-corrected chi connectivity index (χ2v) is 4.98. The van der Waals surface area contributed by atoms with Gasteiger partial charge in [-0.15, -0.1) is 0 Å². The van der Waals surface area contributed by atoms with Crippen molar-refractivity contribution in [3.05, 3.63) is 35.4 Å². The summed E-state index contributed by atoms with van der Waals surface area (Å²) in [6.07, 6.45) is 1.00. The van der Waals surface area contributed by atoms with Crippen LogP contribution in [-0.2, 0) is 9.53 Å². The van der Waals surface area contributed by atoms with Crippen molar-refractivity contribution in [3.63, 3.8) is 0 Å². The summed E-state index contributed by atoms with van der Waals surface area (Å²) < 4.78 is 31.2. The van der Waals surface area contributed by atoms with Gasteiger partial charge in [-0.05, 0) is 31.9 Å². The zero-order chi connectivity index (χ0) is 15.4. The normalized spacial score (nSPS) is 15.9. The van der Waals surface area contributed by atoms with Gasteiger partial charge < -0.3 is 9.64 Å². The second-order valence-electron chi connectivity index (χ2n) is 4.98. The predicted octanol–water partition coefficient (Wildman–Crippen LogP) is 2.38. The lowest BCUT2D eigenvalue weighted by Gasteiger charge is -2.31. The Balaban J connectivity index is 1.98. The third-order valence-corrected chi connectivity index (χ3v) is 3.51. The number of benzene rings is 1. The van der Waals surface area contributed by atoms with Crippen molar-refractivity contribution < 1.29 is 23.1 Å². The summed E-state index contributed by atoms with van der Waals surface area (Å²) in [6.45, 7) is 2.83. The van der Waals surface area contributed by atoms with Gasteiger partial charge >= 0.3 is 5.97 Å². The van der Waals surface area contributed by atoms with Gasteiger partial charge in [-0.2, -0.15) is 0 Å². The van der Waals surface area contributed by atoms with Crippen LogP contribution >= 0.6 is 0 Å². The van der Waals surface area contributed by atoms with Crippen LogP contribution in [0.25, 0.3) is 0 Å². The Morgan fingerprint density at radius 3 is 2.29 bits per heavy atom. The zero-order valence-electron chi connectivity index (χ0n) is 11.8. The first kappa shape index (κ1) is 15.4. The molecule has 1 amide bonds. The zero-order valence-corrected chi connectivity index (χ0v) is 11.8. The van der Waals surface area contributed by atoms with Gasteiger partial charge in [-0.1, -0.05) is 0 Å². The molecule has 1 aromatic carbocycles. The third-order valence-electron chi connectivity index (χ3n) is 3.51. The highest BCUT2D eigenvalue weighted by Gasteiger charge is 2.28. The number of esters is 1. The Kier molecular flexibility index (Phi) is 4.88. The van der Waals surface area contributed by atoms with E-state index in [0.717, 1.165) is 18.2 Å². The molecule has 1 aliphatic heterocycles. The second kappa shape index (κ2) is 6.65. The molecule has 1 aromatic rings. The standard InChI is InChI=1S/C15H17F2NO3/c1-2-21-15(20)10-3-5-18(6-4-10)14(19)11-7-12(16)9-13(17)8-11/h7-10H,2-6H2,1H3. The summed E-state index contributed by atoms with van der Waals surface area (Å²) in [4.78, 5) is 25.3. The van der Waals surface area contributed by atoms with E-state index in [1.807, 2.05) is 0 Å². The molecule has 2 rings (SSSR count). The maximum atomic E-state index is 13.1. The van der Waals surface area contributed by atoms with Gasteiger partial charge in [-0.3, -0.25) is 9.59 Å². The number of rotatable bonds is 3. The van der Waals surface area contributed by atoms with Crippen LogP contribution in [0.15, 0.2) is 18.2 Å². The summed E-state index contributed by atoms with van der Waals surface area (Å²) in [5.41, 5.74) is -0.0120. The lowest BCUT2D eigenvalue weighted by molar-refractivity contribution is -0.149. The van der Waals surface area contributed by atoms with E-state index in [0.29, 0.717) is 32.5 Å². The highest BCUT2D eigenvalue weighted by Crippen LogP contribution is 2.21. The SMILES string of the molecule is CCOC(=O)C1CCN(C(=O)c2cc(F)cc(F)c2)CC1. The van der Waals surface area contributed by atoms with Crippen LogP contribution in [0.5, 0.6) is 0 Å². The number of hydrogen-bond acceptors (Lipinski definition) is 3. The van der Waals surface area contributed by atoms with Gasteiger partial charge in [0.2, 0.25) is 0 Å². The first-order chi connectivity index (χ1) is 10.0. The van der Waals surface area contributed by atoms with Crippen LogP contribution in [0.1, 0.15) is 30.1 Å². The number of carbonyl (C=O) groups is 2. The molecule has 0 N–H and O–H groups in total. The Bertz CT molecular complexity index is 519. The quantitative estimate of drug-likeness (QED) is 0.805. The molecule has 6 heteroatoms. The van der Waals surface area contributed by atoms with E-state index >= 15 is 0 Å². The van der Waals surface area contributed by atoms with Crippen LogP contribution in [0.4, 0.5) is 8.78 Å². The van der Waals surface area contributed by atoms with E-state index in [1.165, 1.54) is 4.90 Å². The molecule has 0 spiro atoms. The van der Waals surface area contributed by atoms with Crippen molar-refractivity contribution >= 4 is 11.9 Å². The van der Waals surface area contributed by atoms with Gasteiger partial charge in [0.1, 0.15) is 11.6 Å².